The predicted octanol–water partition coefficient (Wildman–Crippen LogP) is 5.53. The van der Waals surface area contributed by atoms with Gasteiger partial charge in [-0.3, -0.25) is 4.79 Å². The Bertz CT molecular complexity index is 1400. The Kier molecular flexibility index (Phi) is 5.93. The lowest BCUT2D eigenvalue weighted by Gasteiger charge is -2.16. The number of H-pyrrole nitrogens is 1. The Morgan fingerprint density at radius 3 is 2.47 bits per heavy atom. The van der Waals surface area contributed by atoms with Crippen molar-refractivity contribution in [1.82, 2.24) is 9.55 Å². The fourth-order valence-corrected chi connectivity index (χ4v) is 4.79. The Balaban J connectivity index is 1.70. The van der Waals surface area contributed by atoms with Crippen molar-refractivity contribution in [3.05, 3.63) is 105 Å². The van der Waals surface area contributed by atoms with Crippen molar-refractivity contribution in [2.24, 2.45) is 0 Å². The van der Waals surface area contributed by atoms with Crippen LogP contribution in [0.1, 0.15) is 46.1 Å². The Morgan fingerprint density at radius 1 is 1.00 bits per heavy atom. The summed E-state index contributed by atoms with van der Waals surface area (Å²) in [6.45, 7) is 4.70. The average molecular weight is 453 g/mol. The molecule has 4 aromatic rings. The first-order valence-corrected chi connectivity index (χ1v) is 11.8. The van der Waals surface area contributed by atoms with Gasteiger partial charge >= 0.3 is 5.97 Å². The van der Waals surface area contributed by atoms with E-state index in [4.69, 9.17) is 4.74 Å². The highest BCUT2D eigenvalue weighted by Gasteiger charge is 2.26. The van der Waals surface area contributed by atoms with Crippen molar-refractivity contribution in [3.8, 4) is 22.5 Å². The second kappa shape index (κ2) is 9.18. The molecule has 0 unspecified atom stereocenters. The molecule has 0 fully saturated rings. The van der Waals surface area contributed by atoms with Crippen molar-refractivity contribution in [1.29, 1.82) is 0 Å². The molecule has 0 aliphatic heterocycles. The molecule has 0 atom stereocenters. The van der Waals surface area contributed by atoms with Crippen molar-refractivity contribution in [2.75, 3.05) is 6.61 Å². The van der Waals surface area contributed by atoms with Crippen LogP contribution < -0.4 is 5.56 Å². The number of carbonyl (C=O) groups is 1. The molecular formula is C29H28N2O3. The van der Waals surface area contributed by atoms with Crippen molar-refractivity contribution >= 4 is 5.97 Å². The van der Waals surface area contributed by atoms with Gasteiger partial charge in [-0.2, -0.15) is 0 Å². The number of aromatic nitrogens is 2. The molecule has 0 saturated heterocycles. The summed E-state index contributed by atoms with van der Waals surface area (Å²) in [5.41, 5.74) is 8.11. The number of aryl methyl sites for hydroxylation is 3. The lowest BCUT2D eigenvalue weighted by atomic mass is 10.0. The lowest BCUT2D eigenvalue weighted by Crippen LogP contribution is -2.17. The van der Waals surface area contributed by atoms with E-state index in [1.54, 1.807) is 0 Å². The van der Waals surface area contributed by atoms with Crippen LogP contribution in [-0.2, 0) is 24.1 Å². The molecule has 172 valence electrons. The summed E-state index contributed by atoms with van der Waals surface area (Å²) >= 11 is 0. The van der Waals surface area contributed by atoms with Gasteiger partial charge in [0.25, 0.3) is 5.56 Å². The zero-order valence-electron chi connectivity index (χ0n) is 19.6. The highest BCUT2D eigenvalue weighted by Crippen LogP contribution is 2.35. The van der Waals surface area contributed by atoms with E-state index in [9.17, 15) is 9.59 Å². The minimum atomic E-state index is -0.340. The van der Waals surface area contributed by atoms with Crippen LogP contribution in [0.5, 0.6) is 0 Å². The van der Waals surface area contributed by atoms with Crippen LogP contribution in [0.3, 0.4) is 0 Å². The third-order valence-electron chi connectivity index (χ3n) is 6.46. The van der Waals surface area contributed by atoms with Crippen LogP contribution in [0.15, 0.2) is 71.5 Å². The third-order valence-corrected chi connectivity index (χ3v) is 6.46. The maximum atomic E-state index is 13.2. The van der Waals surface area contributed by atoms with Crippen molar-refractivity contribution < 1.29 is 9.53 Å². The van der Waals surface area contributed by atoms with Gasteiger partial charge in [-0.15, -0.1) is 0 Å². The van der Waals surface area contributed by atoms with E-state index < -0.39 is 0 Å². The first-order chi connectivity index (χ1) is 16.5. The molecule has 1 aliphatic rings. The van der Waals surface area contributed by atoms with Gasteiger partial charge in [-0.05, 0) is 67.5 Å². The maximum absolute atomic E-state index is 13.2. The average Bonchev–Trinajstić information content (AvgIpc) is 3.10. The van der Waals surface area contributed by atoms with E-state index in [0.29, 0.717) is 24.4 Å². The number of hydrogen-bond donors (Lipinski definition) is 1. The molecule has 34 heavy (non-hydrogen) atoms. The molecule has 2 aromatic heterocycles. The molecule has 1 N–H and O–H groups in total. The summed E-state index contributed by atoms with van der Waals surface area (Å²) in [5, 5.41) is 0. The topological polar surface area (TPSA) is 64.1 Å². The van der Waals surface area contributed by atoms with Crippen molar-refractivity contribution in [3.63, 3.8) is 0 Å². The van der Waals surface area contributed by atoms with Gasteiger partial charge in [0.2, 0.25) is 0 Å². The van der Waals surface area contributed by atoms with Crippen LogP contribution in [0.2, 0.25) is 0 Å². The van der Waals surface area contributed by atoms with Crippen LogP contribution in [0, 0.1) is 6.92 Å². The molecule has 2 heterocycles. The summed E-state index contributed by atoms with van der Waals surface area (Å²) < 4.78 is 7.41. The predicted molar refractivity (Wildman–Crippen MR) is 134 cm³/mol. The van der Waals surface area contributed by atoms with E-state index in [0.717, 1.165) is 52.9 Å². The molecule has 2 aromatic carbocycles. The summed E-state index contributed by atoms with van der Waals surface area (Å²) in [5.74, 6) is -0.340. The lowest BCUT2D eigenvalue weighted by molar-refractivity contribution is 0.0514. The Hall–Kier alpha value is -3.86. The minimum absolute atomic E-state index is 0.126. The van der Waals surface area contributed by atoms with Crippen LogP contribution >= 0.6 is 0 Å². The van der Waals surface area contributed by atoms with E-state index in [1.807, 2.05) is 54.0 Å². The molecule has 5 nitrogen and oxygen atoms in total. The number of hydrogen-bond acceptors (Lipinski definition) is 3. The number of fused-ring (bicyclic) bond motifs is 3. The van der Waals surface area contributed by atoms with Gasteiger partial charge in [-0.25, -0.2) is 4.79 Å². The van der Waals surface area contributed by atoms with Gasteiger partial charge in [0.1, 0.15) is 5.69 Å². The van der Waals surface area contributed by atoms with Crippen LogP contribution in [-0.4, -0.2) is 22.1 Å². The van der Waals surface area contributed by atoms with E-state index in [2.05, 4.69) is 36.2 Å². The van der Waals surface area contributed by atoms with Gasteiger partial charge in [0, 0.05) is 12.1 Å². The number of pyridine rings is 1. The normalized spacial score (nSPS) is 12.5. The molecule has 0 saturated carbocycles. The number of nitrogens with zero attached hydrogens (tertiary/aromatic N) is 1. The zero-order chi connectivity index (χ0) is 23.7. The Morgan fingerprint density at radius 2 is 1.74 bits per heavy atom. The molecule has 0 amide bonds. The van der Waals surface area contributed by atoms with Gasteiger partial charge in [0.15, 0.2) is 0 Å². The minimum Gasteiger partial charge on any atom is -0.461 e. The number of carbonyl (C=O) groups excluding carboxylic acids is 1. The zero-order valence-corrected chi connectivity index (χ0v) is 19.6. The van der Waals surface area contributed by atoms with Gasteiger partial charge in [-0.1, -0.05) is 60.2 Å². The number of benzene rings is 2. The second-order valence-corrected chi connectivity index (χ2v) is 8.83. The van der Waals surface area contributed by atoms with E-state index in [-0.39, 0.29) is 11.5 Å². The number of rotatable bonds is 5. The molecule has 1 aliphatic carbocycles. The SMILES string of the molecule is CCOC(=O)c1cc2c(n1Cc1ccc(C)cc1)-c1[nH]c(=O)c(-c3ccccc3)cc1CCC2. The first-order valence-electron chi connectivity index (χ1n) is 11.8. The summed E-state index contributed by atoms with van der Waals surface area (Å²) in [6, 6.07) is 22.0. The quantitative estimate of drug-likeness (QED) is 0.405. The molecular weight excluding hydrogens is 424 g/mol. The summed E-state index contributed by atoms with van der Waals surface area (Å²) in [4.78, 5) is 29.3. The highest BCUT2D eigenvalue weighted by atomic mass is 16.5. The summed E-state index contributed by atoms with van der Waals surface area (Å²) in [6.07, 6.45) is 2.64. The van der Waals surface area contributed by atoms with Gasteiger partial charge < -0.3 is 14.3 Å². The molecule has 0 spiro atoms. The molecule has 0 radical (unpaired) electrons. The highest BCUT2D eigenvalue weighted by molar-refractivity contribution is 5.90. The first kappa shape index (κ1) is 22.0. The standard InChI is InChI=1S/C29H28N2O3/c1-3-34-29(33)25-17-23-11-7-10-22-16-24(21-8-5-4-6-9-21)28(32)30-26(22)27(23)31(25)18-20-14-12-19(2)13-15-20/h4-6,8-9,12-17H,3,7,10-11,18H2,1-2H3,(H,30,32). The van der Waals surface area contributed by atoms with Crippen LogP contribution in [0.4, 0.5) is 0 Å². The van der Waals surface area contributed by atoms with Crippen molar-refractivity contribution in [2.45, 2.75) is 39.7 Å². The fraction of sp³-hybridized carbons (Fsp3) is 0.241. The molecule has 5 heteroatoms. The number of esters is 1. The smallest absolute Gasteiger partial charge is 0.354 e. The Labute approximate surface area is 199 Å². The van der Waals surface area contributed by atoms with Crippen LogP contribution in [0.25, 0.3) is 22.5 Å². The monoisotopic (exact) mass is 452 g/mol. The molecule has 0 bridgehead atoms. The molecule has 5 rings (SSSR count). The number of nitrogens with one attached hydrogen (secondary N) is 1. The van der Waals surface area contributed by atoms with E-state index >= 15 is 0 Å². The number of ether oxygens (including phenoxy) is 1. The fourth-order valence-electron chi connectivity index (χ4n) is 4.79. The summed E-state index contributed by atoms with van der Waals surface area (Å²) in [7, 11) is 0. The largest absolute Gasteiger partial charge is 0.461 e. The number of aromatic amines is 1. The second-order valence-electron chi connectivity index (χ2n) is 8.83. The van der Waals surface area contributed by atoms with Gasteiger partial charge in [0.05, 0.1) is 18.0 Å². The third kappa shape index (κ3) is 4.10. The maximum Gasteiger partial charge on any atom is 0.354 e. The van der Waals surface area contributed by atoms with E-state index in [1.165, 1.54) is 5.56 Å².